The van der Waals surface area contributed by atoms with Crippen LogP contribution < -0.4 is 5.32 Å². The number of amides is 1. The summed E-state index contributed by atoms with van der Waals surface area (Å²) in [4.78, 5) is 22.4. The molecule has 0 radical (unpaired) electrons. The Hall–Kier alpha value is -1.36. The summed E-state index contributed by atoms with van der Waals surface area (Å²) < 4.78 is 0. The molecule has 2 unspecified atom stereocenters. The number of carboxylic acid groups (broad SMARTS) is 1. The summed E-state index contributed by atoms with van der Waals surface area (Å²) in [5, 5.41) is 12.0. The molecule has 1 fully saturated rings. The molecule has 1 aromatic heterocycles. The number of hydrogen-bond acceptors (Lipinski definition) is 3. The van der Waals surface area contributed by atoms with E-state index < -0.39 is 5.97 Å². The number of carbonyl (C=O) groups is 2. The lowest BCUT2D eigenvalue weighted by atomic mass is 10.3. The van der Waals surface area contributed by atoms with E-state index in [1.165, 1.54) is 6.07 Å². The lowest BCUT2D eigenvalue weighted by molar-refractivity contribution is -0.117. The van der Waals surface area contributed by atoms with Crippen LogP contribution in [0.15, 0.2) is 12.1 Å². The first-order valence-electron chi connectivity index (χ1n) is 4.72. The van der Waals surface area contributed by atoms with Crippen LogP contribution in [0, 0.1) is 11.8 Å². The van der Waals surface area contributed by atoms with E-state index in [-0.39, 0.29) is 16.7 Å². The average Bonchev–Trinajstić information content (AvgIpc) is 2.73. The first kappa shape index (κ1) is 10.2. The Bertz CT molecular complexity index is 413. The zero-order valence-corrected chi connectivity index (χ0v) is 9.00. The second-order valence-corrected chi connectivity index (χ2v) is 4.86. The molecule has 0 spiro atoms. The van der Waals surface area contributed by atoms with Crippen molar-refractivity contribution in [3.05, 3.63) is 17.0 Å². The number of carbonyl (C=O) groups excluding carboxylic acids is 1. The van der Waals surface area contributed by atoms with Gasteiger partial charge in [0.25, 0.3) is 0 Å². The Morgan fingerprint density at radius 3 is 2.67 bits per heavy atom. The first-order chi connectivity index (χ1) is 7.08. The highest BCUT2D eigenvalue weighted by molar-refractivity contribution is 7.18. The van der Waals surface area contributed by atoms with Crippen molar-refractivity contribution in [2.24, 2.45) is 11.8 Å². The van der Waals surface area contributed by atoms with Gasteiger partial charge in [-0.25, -0.2) is 4.79 Å². The van der Waals surface area contributed by atoms with Gasteiger partial charge in [0.15, 0.2) is 0 Å². The molecule has 2 N–H and O–H groups in total. The number of hydrogen-bond donors (Lipinski definition) is 2. The minimum Gasteiger partial charge on any atom is -0.477 e. The van der Waals surface area contributed by atoms with E-state index in [2.05, 4.69) is 5.32 Å². The van der Waals surface area contributed by atoms with Gasteiger partial charge in [-0.3, -0.25) is 4.79 Å². The molecule has 1 amide bonds. The Balaban J connectivity index is 1.98. The van der Waals surface area contributed by atoms with Gasteiger partial charge in [0.2, 0.25) is 5.91 Å². The molecule has 1 heterocycles. The normalized spacial score (nSPS) is 23.5. The fourth-order valence-electron chi connectivity index (χ4n) is 1.42. The van der Waals surface area contributed by atoms with Gasteiger partial charge in [0.1, 0.15) is 4.88 Å². The van der Waals surface area contributed by atoms with Gasteiger partial charge in [-0.1, -0.05) is 6.92 Å². The zero-order chi connectivity index (χ0) is 11.0. The Labute approximate surface area is 90.9 Å². The lowest BCUT2D eigenvalue weighted by Crippen LogP contribution is -2.13. The van der Waals surface area contributed by atoms with Crippen LogP contribution in [0.25, 0.3) is 0 Å². The molecule has 2 atom stereocenters. The molecule has 2 rings (SSSR count). The van der Waals surface area contributed by atoms with Crippen LogP contribution in [0.3, 0.4) is 0 Å². The SMILES string of the molecule is CC1CC1C(=O)Nc1ccc(C(=O)O)s1. The number of aromatic carboxylic acids is 1. The number of thiophene rings is 1. The third-order valence-corrected chi connectivity index (χ3v) is 3.50. The molecule has 0 bridgehead atoms. The minimum atomic E-state index is -0.958. The molecule has 80 valence electrons. The van der Waals surface area contributed by atoms with Crippen LogP contribution in [-0.2, 0) is 4.79 Å². The minimum absolute atomic E-state index is 0.00119. The molecule has 0 aromatic carbocycles. The summed E-state index contributed by atoms with van der Waals surface area (Å²) in [7, 11) is 0. The third-order valence-electron chi connectivity index (χ3n) is 2.51. The van der Waals surface area contributed by atoms with Gasteiger partial charge >= 0.3 is 5.97 Å². The maximum Gasteiger partial charge on any atom is 0.345 e. The van der Waals surface area contributed by atoms with E-state index in [1.807, 2.05) is 6.92 Å². The van der Waals surface area contributed by atoms with E-state index in [0.717, 1.165) is 17.8 Å². The van der Waals surface area contributed by atoms with E-state index in [4.69, 9.17) is 5.11 Å². The molecule has 1 aromatic rings. The highest BCUT2D eigenvalue weighted by Gasteiger charge is 2.39. The lowest BCUT2D eigenvalue weighted by Gasteiger charge is -1.99. The smallest absolute Gasteiger partial charge is 0.345 e. The van der Waals surface area contributed by atoms with Crippen LogP contribution in [0.2, 0.25) is 0 Å². The van der Waals surface area contributed by atoms with Gasteiger partial charge in [-0.2, -0.15) is 0 Å². The fraction of sp³-hybridized carbons (Fsp3) is 0.400. The summed E-state index contributed by atoms with van der Waals surface area (Å²) in [6, 6.07) is 3.12. The second kappa shape index (κ2) is 3.66. The third kappa shape index (κ3) is 2.18. The van der Waals surface area contributed by atoms with Crippen LogP contribution in [-0.4, -0.2) is 17.0 Å². The van der Waals surface area contributed by atoms with Crippen LogP contribution >= 0.6 is 11.3 Å². The van der Waals surface area contributed by atoms with Crippen molar-refractivity contribution in [1.82, 2.24) is 0 Å². The Kier molecular flexibility index (Phi) is 2.48. The summed E-state index contributed by atoms with van der Waals surface area (Å²) in [6.07, 6.45) is 0.934. The summed E-state index contributed by atoms with van der Waals surface area (Å²) >= 11 is 1.08. The molecule has 4 nitrogen and oxygen atoms in total. The predicted octanol–water partition coefficient (Wildman–Crippen LogP) is 2.04. The molecule has 15 heavy (non-hydrogen) atoms. The molecule has 1 aliphatic carbocycles. The number of anilines is 1. The van der Waals surface area contributed by atoms with Gasteiger partial charge in [-0.05, 0) is 24.5 Å². The molecule has 1 aliphatic rings. The summed E-state index contributed by atoms with van der Waals surface area (Å²) in [5.41, 5.74) is 0. The zero-order valence-electron chi connectivity index (χ0n) is 8.19. The van der Waals surface area contributed by atoms with E-state index in [0.29, 0.717) is 10.9 Å². The monoisotopic (exact) mass is 225 g/mol. The fourth-order valence-corrected chi connectivity index (χ4v) is 2.17. The Morgan fingerprint density at radius 1 is 1.53 bits per heavy atom. The molecular weight excluding hydrogens is 214 g/mol. The highest BCUT2D eigenvalue weighted by atomic mass is 32.1. The van der Waals surface area contributed by atoms with Gasteiger partial charge in [0.05, 0.1) is 5.00 Å². The molecule has 5 heteroatoms. The number of nitrogens with one attached hydrogen (secondary N) is 1. The maximum atomic E-state index is 11.5. The molecule has 1 saturated carbocycles. The average molecular weight is 225 g/mol. The second-order valence-electron chi connectivity index (χ2n) is 3.78. The van der Waals surface area contributed by atoms with Crippen LogP contribution in [0.5, 0.6) is 0 Å². The van der Waals surface area contributed by atoms with Crippen molar-refractivity contribution in [2.45, 2.75) is 13.3 Å². The number of carboxylic acids is 1. The van der Waals surface area contributed by atoms with E-state index in [1.54, 1.807) is 6.07 Å². The quantitative estimate of drug-likeness (QED) is 0.827. The number of rotatable bonds is 3. The standard InChI is InChI=1S/C10H11NO3S/c1-5-4-6(5)9(12)11-8-3-2-7(15-8)10(13)14/h2-3,5-6H,4H2,1H3,(H,11,12)(H,13,14). The highest BCUT2D eigenvalue weighted by Crippen LogP contribution is 2.38. The van der Waals surface area contributed by atoms with Crippen LogP contribution in [0.4, 0.5) is 5.00 Å². The largest absolute Gasteiger partial charge is 0.477 e. The van der Waals surface area contributed by atoms with Crippen molar-refractivity contribution in [1.29, 1.82) is 0 Å². The molecule has 0 saturated heterocycles. The van der Waals surface area contributed by atoms with Crippen LogP contribution in [0.1, 0.15) is 23.0 Å². The van der Waals surface area contributed by atoms with Crippen molar-refractivity contribution in [3.63, 3.8) is 0 Å². The Morgan fingerprint density at radius 2 is 2.20 bits per heavy atom. The van der Waals surface area contributed by atoms with Crippen molar-refractivity contribution >= 4 is 28.2 Å². The maximum absolute atomic E-state index is 11.5. The topological polar surface area (TPSA) is 66.4 Å². The molecule has 0 aliphatic heterocycles. The van der Waals surface area contributed by atoms with Gasteiger partial charge in [0, 0.05) is 5.92 Å². The first-order valence-corrected chi connectivity index (χ1v) is 5.53. The van der Waals surface area contributed by atoms with Crippen molar-refractivity contribution < 1.29 is 14.7 Å². The van der Waals surface area contributed by atoms with Gasteiger partial charge < -0.3 is 10.4 Å². The molecular formula is C10H11NO3S. The van der Waals surface area contributed by atoms with Crippen molar-refractivity contribution in [2.75, 3.05) is 5.32 Å². The summed E-state index contributed by atoms with van der Waals surface area (Å²) in [5.74, 6) is -0.383. The van der Waals surface area contributed by atoms with Gasteiger partial charge in [-0.15, -0.1) is 11.3 Å². The van der Waals surface area contributed by atoms with Crippen molar-refractivity contribution in [3.8, 4) is 0 Å². The predicted molar refractivity (Wildman–Crippen MR) is 57.2 cm³/mol. The van der Waals surface area contributed by atoms with E-state index >= 15 is 0 Å². The summed E-state index contributed by atoms with van der Waals surface area (Å²) in [6.45, 7) is 2.03. The van der Waals surface area contributed by atoms with E-state index in [9.17, 15) is 9.59 Å².